The van der Waals surface area contributed by atoms with Gasteiger partial charge in [-0.3, -0.25) is 0 Å². The quantitative estimate of drug-likeness (QED) is 0.564. The Kier molecular flexibility index (Phi) is 6.02. The molecule has 2 aromatic carbocycles. The molecule has 2 atom stereocenters. The van der Waals surface area contributed by atoms with Crippen molar-refractivity contribution in [1.82, 2.24) is 0 Å². The molecule has 138 valence electrons. The summed E-state index contributed by atoms with van der Waals surface area (Å²) in [4.78, 5) is 11.0. The molecule has 1 saturated heterocycles. The number of ether oxygens (including phenoxy) is 1. The molecule has 3 rings (SSSR count). The lowest BCUT2D eigenvalue weighted by atomic mass is 10.2. The summed E-state index contributed by atoms with van der Waals surface area (Å²) >= 11 is 1.66. The molecule has 0 radical (unpaired) electrons. The fourth-order valence-corrected chi connectivity index (χ4v) is 9.21. The van der Waals surface area contributed by atoms with Gasteiger partial charge in [0.25, 0.3) is 8.32 Å². The molecule has 1 aliphatic rings. The van der Waals surface area contributed by atoms with Crippen molar-refractivity contribution >= 4 is 36.7 Å². The van der Waals surface area contributed by atoms with E-state index in [0.717, 1.165) is 6.29 Å². The maximum atomic E-state index is 11.0. The minimum atomic E-state index is -2.53. The van der Waals surface area contributed by atoms with Gasteiger partial charge in [0.1, 0.15) is 17.8 Å². The zero-order valence-corrected chi connectivity index (χ0v) is 17.4. The predicted molar refractivity (Wildman–Crippen MR) is 111 cm³/mol. The fraction of sp³-hybridized carbons (Fsp3) is 0.381. The lowest BCUT2D eigenvalue weighted by Gasteiger charge is -2.43. The van der Waals surface area contributed by atoms with Crippen LogP contribution in [0.3, 0.4) is 0 Å². The summed E-state index contributed by atoms with van der Waals surface area (Å²) in [6.45, 7) is 7.27. The molecule has 5 heteroatoms. The van der Waals surface area contributed by atoms with Gasteiger partial charge in [-0.15, -0.1) is 11.8 Å². The first kappa shape index (κ1) is 19.4. The van der Waals surface area contributed by atoms with Gasteiger partial charge in [-0.1, -0.05) is 81.4 Å². The van der Waals surface area contributed by atoms with Gasteiger partial charge in [0.2, 0.25) is 0 Å². The summed E-state index contributed by atoms with van der Waals surface area (Å²) in [6.07, 6.45) is 0.572. The molecule has 1 heterocycles. The van der Waals surface area contributed by atoms with Gasteiger partial charge < -0.3 is 14.0 Å². The highest BCUT2D eigenvalue weighted by molar-refractivity contribution is 8.00. The van der Waals surface area contributed by atoms with Crippen LogP contribution in [0, 0.1) is 0 Å². The van der Waals surface area contributed by atoms with E-state index in [9.17, 15) is 4.79 Å². The molecule has 1 fully saturated rings. The minimum Gasteiger partial charge on any atom is -0.404 e. The van der Waals surface area contributed by atoms with Gasteiger partial charge in [0.05, 0.1) is 6.61 Å². The van der Waals surface area contributed by atoms with Crippen LogP contribution in [0.5, 0.6) is 0 Å². The van der Waals surface area contributed by atoms with Gasteiger partial charge in [0, 0.05) is 5.75 Å². The second-order valence-corrected chi connectivity index (χ2v) is 13.0. The van der Waals surface area contributed by atoms with Gasteiger partial charge in [-0.2, -0.15) is 0 Å². The molecule has 1 aliphatic heterocycles. The van der Waals surface area contributed by atoms with Crippen molar-refractivity contribution in [2.24, 2.45) is 0 Å². The van der Waals surface area contributed by atoms with Crippen LogP contribution in [-0.4, -0.2) is 38.5 Å². The third-order valence-corrected chi connectivity index (χ3v) is 10.9. The maximum absolute atomic E-state index is 11.0. The summed E-state index contributed by atoms with van der Waals surface area (Å²) in [5, 5.41) is 2.46. The molecule has 2 unspecified atom stereocenters. The van der Waals surface area contributed by atoms with E-state index in [4.69, 9.17) is 9.16 Å². The van der Waals surface area contributed by atoms with Crippen LogP contribution in [0.1, 0.15) is 20.8 Å². The lowest BCUT2D eigenvalue weighted by Crippen LogP contribution is -2.67. The zero-order valence-electron chi connectivity index (χ0n) is 15.6. The molecular weight excluding hydrogens is 360 g/mol. The van der Waals surface area contributed by atoms with Crippen LogP contribution in [0.4, 0.5) is 0 Å². The van der Waals surface area contributed by atoms with Crippen LogP contribution in [0.2, 0.25) is 5.04 Å². The molecule has 0 saturated carbocycles. The molecule has 0 aliphatic carbocycles. The molecular formula is C21H26O3SSi. The third-order valence-electron chi connectivity index (χ3n) is 4.78. The Morgan fingerprint density at radius 3 is 2.04 bits per heavy atom. The molecule has 0 spiro atoms. The number of aldehydes is 1. The standard InChI is InChI=1S/C21H26O3SSi/c1-21(2,3)26(18-10-6-4-7-11-18,19-12-8-5-9-13-19)23-15-20-24-17(14-22)16-25-20/h4-14,17,20H,15-16H2,1-3H3. The Balaban J connectivity index is 1.99. The second kappa shape index (κ2) is 8.09. The highest BCUT2D eigenvalue weighted by Crippen LogP contribution is 2.37. The Morgan fingerprint density at radius 1 is 1.08 bits per heavy atom. The Labute approximate surface area is 161 Å². The zero-order chi connectivity index (χ0) is 18.6. The first-order valence-corrected chi connectivity index (χ1v) is 11.9. The van der Waals surface area contributed by atoms with E-state index in [1.807, 2.05) is 12.1 Å². The summed E-state index contributed by atoms with van der Waals surface area (Å²) in [7, 11) is -2.53. The average Bonchev–Trinajstić information content (AvgIpc) is 3.11. The molecule has 26 heavy (non-hydrogen) atoms. The maximum Gasteiger partial charge on any atom is 0.261 e. The number of hydrogen-bond acceptors (Lipinski definition) is 4. The first-order chi connectivity index (χ1) is 12.5. The van der Waals surface area contributed by atoms with Crippen molar-refractivity contribution in [2.75, 3.05) is 12.4 Å². The number of benzene rings is 2. The van der Waals surface area contributed by atoms with Gasteiger partial charge in [-0.05, 0) is 15.4 Å². The number of carbonyl (C=O) groups is 1. The number of hydrogen-bond donors (Lipinski definition) is 0. The van der Waals surface area contributed by atoms with E-state index in [1.54, 1.807) is 11.8 Å². The van der Waals surface area contributed by atoms with E-state index in [2.05, 4.69) is 69.3 Å². The topological polar surface area (TPSA) is 35.5 Å². The monoisotopic (exact) mass is 386 g/mol. The number of rotatable bonds is 6. The molecule has 3 nitrogen and oxygen atoms in total. The largest absolute Gasteiger partial charge is 0.404 e. The van der Waals surface area contributed by atoms with Crippen LogP contribution < -0.4 is 10.4 Å². The molecule has 0 amide bonds. The van der Waals surface area contributed by atoms with E-state index < -0.39 is 8.32 Å². The van der Waals surface area contributed by atoms with Crippen LogP contribution in [0.15, 0.2) is 60.7 Å². The van der Waals surface area contributed by atoms with Crippen molar-refractivity contribution < 1.29 is 14.0 Å². The van der Waals surface area contributed by atoms with Gasteiger partial charge in [0.15, 0.2) is 0 Å². The van der Waals surface area contributed by atoms with Gasteiger partial charge >= 0.3 is 0 Å². The Bertz CT molecular complexity index is 676. The smallest absolute Gasteiger partial charge is 0.261 e. The number of carbonyl (C=O) groups excluding carboxylic acids is 1. The molecule has 0 aromatic heterocycles. The van der Waals surface area contributed by atoms with E-state index in [-0.39, 0.29) is 16.6 Å². The molecule has 2 aromatic rings. The van der Waals surface area contributed by atoms with Gasteiger partial charge in [-0.25, -0.2) is 0 Å². The first-order valence-electron chi connectivity index (χ1n) is 8.95. The highest BCUT2D eigenvalue weighted by atomic mass is 32.2. The summed E-state index contributed by atoms with van der Waals surface area (Å²) in [5.41, 5.74) is -0.0909. The second-order valence-electron chi connectivity index (χ2n) is 7.55. The predicted octanol–water partition coefficient (Wildman–Crippen LogP) is 3.22. The normalized spacial score (nSPS) is 20.9. The van der Waals surface area contributed by atoms with Crippen molar-refractivity contribution in [3.63, 3.8) is 0 Å². The van der Waals surface area contributed by atoms with E-state index in [1.165, 1.54) is 10.4 Å². The van der Waals surface area contributed by atoms with Crippen molar-refractivity contribution in [2.45, 2.75) is 37.3 Å². The van der Waals surface area contributed by atoms with Crippen LogP contribution in [0.25, 0.3) is 0 Å². The number of thioether (sulfide) groups is 1. The summed E-state index contributed by atoms with van der Waals surface area (Å²) in [6, 6.07) is 21.1. The SMILES string of the molecule is CC(C)(C)[Si](OCC1OC(C=O)CS1)(c1ccccc1)c1ccccc1. The molecule has 0 N–H and O–H groups in total. The van der Waals surface area contributed by atoms with Crippen LogP contribution >= 0.6 is 11.8 Å². The lowest BCUT2D eigenvalue weighted by molar-refractivity contribution is -0.117. The van der Waals surface area contributed by atoms with Crippen LogP contribution in [-0.2, 0) is 14.0 Å². The summed E-state index contributed by atoms with van der Waals surface area (Å²) < 4.78 is 12.6. The highest BCUT2D eigenvalue weighted by Gasteiger charge is 2.50. The minimum absolute atomic E-state index is 0.0525. The van der Waals surface area contributed by atoms with E-state index in [0.29, 0.717) is 12.4 Å². The van der Waals surface area contributed by atoms with Crippen molar-refractivity contribution in [1.29, 1.82) is 0 Å². The van der Waals surface area contributed by atoms with E-state index >= 15 is 0 Å². The molecule has 0 bridgehead atoms. The third kappa shape index (κ3) is 3.81. The average molecular weight is 387 g/mol. The van der Waals surface area contributed by atoms with Crippen molar-refractivity contribution in [3.8, 4) is 0 Å². The Hall–Kier alpha value is -1.40. The Morgan fingerprint density at radius 2 is 1.62 bits per heavy atom. The van der Waals surface area contributed by atoms with Crippen molar-refractivity contribution in [3.05, 3.63) is 60.7 Å². The summed E-state index contributed by atoms with van der Waals surface area (Å²) in [5.74, 6) is 0.707. The fourth-order valence-electron chi connectivity index (χ4n) is 3.59.